The van der Waals surface area contributed by atoms with Crippen LogP contribution < -0.4 is 15.7 Å². The summed E-state index contributed by atoms with van der Waals surface area (Å²) in [5.41, 5.74) is 0.451. The number of carbonyl (C=O) groups excluding carboxylic acids is 1. The Bertz CT molecular complexity index is 724. The predicted molar refractivity (Wildman–Crippen MR) is 94.7 cm³/mol. The minimum atomic E-state index is -0.386. The SMILES string of the molecule is CCCCn1c(S[C@H](C)C(=O)Nc2ccc(OC)cc2)n[nH]c1=O. The summed E-state index contributed by atoms with van der Waals surface area (Å²) in [6, 6.07) is 7.12. The Morgan fingerprint density at radius 2 is 2.12 bits per heavy atom. The second kappa shape index (κ2) is 8.58. The van der Waals surface area contributed by atoms with Crippen molar-refractivity contribution in [2.45, 2.75) is 43.6 Å². The third-order valence-corrected chi connectivity index (χ3v) is 4.56. The number of benzene rings is 1. The Morgan fingerprint density at radius 1 is 1.42 bits per heavy atom. The van der Waals surface area contributed by atoms with Crippen LogP contribution in [0.5, 0.6) is 5.75 Å². The highest BCUT2D eigenvalue weighted by Gasteiger charge is 2.19. The third-order valence-electron chi connectivity index (χ3n) is 3.47. The molecule has 130 valence electrons. The number of H-pyrrole nitrogens is 1. The van der Waals surface area contributed by atoms with Crippen LogP contribution in [0.3, 0.4) is 0 Å². The lowest BCUT2D eigenvalue weighted by Gasteiger charge is -2.12. The van der Waals surface area contributed by atoms with E-state index in [4.69, 9.17) is 4.74 Å². The van der Waals surface area contributed by atoms with E-state index in [0.717, 1.165) is 18.6 Å². The molecule has 2 aromatic rings. The highest BCUT2D eigenvalue weighted by Crippen LogP contribution is 2.22. The van der Waals surface area contributed by atoms with Crippen LogP contribution in [0, 0.1) is 0 Å². The number of rotatable bonds is 8. The van der Waals surface area contributed by atoms with Crippen LogP contribution in [0.4, 0.5) is 5.69 Å². The number of methoxy groups -OCH3 is 1. The Balaban J connectivity index is 1.99. The number of nitrogens with one attached hydrogen (secondary N) is 2. The van der Waals surface area contributed by atoms with E-state index in [1.807, 2.05) is 0 Å². The van der Waals surface area contributed by atoms with Gasteiger partial charge in [-0.15, -0.1) is 5.10 Å². The van der Waals surface area contributed by atoms with Gasteiger partial charge in [-0.2, -0.15) is 0 Å². The first-order chi connectivity index (χ1) is 11.5. The fraction of sp³-hybridized carbons (Fsp3) is 0.438. The molecule has 1 heterocycles. The zero-order valence-corrected chi connectivity index (χ0v) is 14.9. The number of thioether (sulfide) groups is 1. The van der Waals surface area contributed by atoms with Gasteiger partial charge < -0.3 is 10.1 Å². The molecule has 0 fully saturated rings. The van der Waals surface area contributed by atoms with E-state index in [1.165, 1.54) is 11.8 Å². The molecule has 24 heavy (non-hydrogen) atoms. The van der Waals surface area contributed by atoms with Crippen LogP contribution in [0.1, 0.15) is 26.7 Å². The second-order valence-corrected chi connectivity index (χ2v) is 6.60. The lowest BCUT2D eigenvalue weighted by atomic mass is 10.3. The van der Waals surface area contributed by atoms with Crippen LogP contribution in [-0.4, -0.2) is 33.0 Å². The maximum absolute atomic E-state index is 12.3. The van der Waals surface area contributed by atoms with Gasteiger partial charge in [-0.3, -0.25) is 9.36 Å². The number of hydrogen-bond acceptors (Lipinski definition) is 5. The molecule has 1 amide bonds. The number of aromatic nitrogens is 3. The largest absolute Gasteiger partial charge is 0.497 e. The minimum Gasteiger partial charge on any atom is -0.497 e. The van der Waals surface area contributed by atoms with Gasteiger partial charge >= 0.3 is 5.69 Å². The van der Waals surface area contributed by atoms with E-state index in [2.05, 4.69) is 22.4 Å². The van der Waals surface area contributed by atoms with Gasteiger partial charge in [0.1, 0.15) is 5.75 Å². The summed E-state index contributed by atoms with van der Waals surface area (Å²) < 4.78 is 6.66. The van der Waals surface area contributed by atoms with E-state index in [9.17, 15) is 9.59 Å². The van der Waals surface area contributed by atoms with Crippen molar-refractivity contribution in [2.24, 2.45) is 0 Å². The van der Waals surface area contributed by atoms with E-state index in [0.29, 0.717) is 17.4 Å². The van der Waals surface area contributed by atoms with Gasteiger partial charge in [-0.25, -0.2) is 9.89 Å². The molecule has 1 aromatic heterocycles. The van der Waals surface area contributed by atoms with Crippen molar-refractivity contribution in [1.82, 2.24) is 14.8 Å². The first kappa shape index (κ1) is 18.1. The summed E-state index contributed by atoms with van der Waals surface area (Å²) in [5, 5.41) is 9.45. The highest BCUT2D eigenvalue weighted by atomic mass is 32.2. The molecule has 0 aliphatic carbocycles. The number of hydrogen-bond donors (Lipinski definition) is 2. The number of amides is 1. The third kappa shape index (κ3) is 4.64. The van der Waals surface area contributed by atoms with E-state index in [-0.39, 0.29) is 16.8 Å². The van der Waals surface area contributed by atoms with Crippen molar-refractivity contribution in [2.75, 3.05) is 12.4 Å². The van der Waals surface area contributed by atoms with Crippen LogP contribution in [0.2, 0.25) is 0 Å². The summed E-state index contributed by atoms with van der Waals surface area (Å²) in [5.74, 6) is 0.578. The summed E-state index contributed by atoms with van der Waals surface area (Å²) in [6.07, 6.45) is 1.87. The molecule has 7 nitrogen and oxygen atoms in total. The van der Waals surface area contributed by atoms with Crippen molar-refractivity contribution in [1.29, 1.82) is 0 Å². The van der Waals surface area contributed by atoms with Crippen LogP contribution in [0.15, 0.2) is 34.2 Å². The van der Waals surface area contributed by atoms with Gasteiger partial charge in [0.05, 0.1) is 12.4 Å². The average Bonchev–Trinajstić information content (AvgIpc) is 2.93. The molecule has 0 aliphatic rings. The predicted octanol–water partition coefficient (Wildman–Crippen LogP) is 2.50. The van der Waals surface area contributed by atoms with Gasteiger partial charge in [0.2, 0.25) is 5.91 Å². The molecular weight excluding hydrogens is 328 g/mol. The molecule has 0 radical (unpaired) electrons. The summed E-state index contributed by atoms with van der Waals surface area (Å²) in [6.45, 7) is 4.44. The molecule has 0 saturated heterocycles. The summed E-state index contributed by atoms with van der Waals surface area (Å²) in [4.78, 5) is 24.1. The summed E-state index contributed by atoms with van der Waals surface area (Å²) in [7, 11) is 1.59. The number of ether oxygens (including phenoxy) is 1. The number of unbranched alkanes of at least 4 members (excludes halogenated alkanes) is 1. The molecule has 1 aromatic carbocycles. The fourth-order valence-corrected chi connectivity index (χ4v) is 2.92. The second-order valence-electron chi connectivity index (χ2n) is 5.29. The summed E-state index contributed by atoms with van der Waals surface area (Å²) >= 11 is 1.26. The minimum absolute atomic E-state index is 0.150. The van der Waals surface area contributed by atoms with Crippen molar-refractivity contribution in [3.05, 3.63) is 34.7 Å². The molecule has 2 rings (SSSR count). The highest BCUT2D eigenvalue weighted by molar-refractivity contribution is 8.00. The molecule has 2 N–H and O–H groups in total. The normalized spacial score (nSPS) is 12.0. The molecule has 0 saturated carbocycles. The molecule has 8 heteroatoms. The standard InChI is InChI=1S/C16H22N4O3S/c1-4-5-10-20-15(22)18-19-16(20)24-11(2)14(21)17-12-6-8-13(23-3)9-7-12/h6-9,11H,4-5,10H2,1-3H3,(H,17,21)(H,18,22)/t11-/m1/s1. The van der Waals surface area contributed by atoms with Crippen LogP contribution in [0.25, 0.3) is 0 Å². The van der Waals surface area contributed by atoms with Gasteiger partial charge in [0.25, 0.3) is 0 Å². The molecule has 1 atom stereocenters. The maximum Gasteiger partial charge on any atom is 0.343 e. The van der Waals surface area contributed by atoms with E-state index in [1.54, 1.807) is 42.9 Å². The Kier molecular flexibility index (Phi) is 6.48. The molecule has 0 bridgehead atoms. The maximum atomic E-state index is 12.3. The van der Waals surface area contributed by atoms with Crippen LogP contribution >= 0.6 is 11.8 Å². The molecular formula is C16H22N4O3S. The Morgan fingerprint density at radius 3 is 2.75 bits per heavy atom. The Labute approximate surface area is 144 Å². The zero-order valence-electron chi connectivity index (χ0n) is 14.0. The Hall–Kier alpha value is -2.22. The van der Waals surface area contributed by atoms with Crippen LogP contribution in [-0.2, 0) is 11.3 Å². The lowest BCUT2D eigenvalue weighted by Crippen LogP contribution is -2.24. The van der Waals surface area contributed by atoms with Crippen molar-refractivity contribution in [3.63, 3.8) is 0 Å². The smallest absolute Gasteiger partial charge is 0.343 e. The van der Waals surface area contributed by atoms with E-state index < -0.39 is 0 Å². The molecule has 0 spiro atoms. The molecule has 0 aliphatic heterocycles. The number of carbonyl (C=O) groups is 1. The van der Waals surface area contributed by atoms with Crippen molar-refractivity contribution < 1.29 is 9.53 Å². The quantitative estimate of drug-likeness (QED) is 0.714. The van der Waals surface area contributed by atoms with Crippen molar-refractivity contribution in [3.8, 4) is 5.75 Å². The lowest BCUT2D eigenvalue weighted by molar-refractivity contribution is -0.115. The van der Waals surface area contributed by atoms with E-state index >= 15 is 0 Å². The van der Waals surface area contributed by atoms with Gasteiger partial charge in [-0.1, -0.05) is 25.1 Å². The first-order valence-electron chi connectivity index (χ1n) is 7.82. The topological polar surface area (TPSA) is 89.0 Å². The molecule has 0 unspecified atom stereocenters. The number of nitrogens with zero attached hydrogens (tertiary/aromatic N) is 2. The van der Waals surface area contributed by atoms with Crippen molar-refractivity contribution >= 4 is 23.4 Å². The van der Waals surface area contributed by atoms with Gasteiger partial charge in [0.15, 0.2) is 5.16 Å². The van der Waals surface area contributed by atoms with Gasteiger partial charge in [-0.05, 0) is 37.6 Å². The van der Waals surface area contributed by atoms with Gasteiger partial charge in [0, 0.05) is 12.2 Å². The number of aromatic amines is 1. The zero-order chi connectivity index (χ0) is 17.5. The first-order valence-corrected chi connectivity index (χ1v) is 8.70. The number of anilines is 1. The monoisotopic (exact) mass is 350 g/mol. The fourth-order valence-electron chi connectivity index (χ4n) is 2.04. The average molecular weight is 350 g/mol.